The lowest BCUT2D eigenvalue weighted by atomic mass is 10.0. The monoisotopic (exact) mass is 233 g/mol. The molecule has 0 radical (unpaired) electrons. The first-order valence-electron chi connectivity index (χ1n) is 5.36. The van der Waals surface area contributed by atoms with Gasteiger partial charge < -0.3 is 5.73 Å². The van der Waals surface area contributed by atoms with Crippen LogP contribution in [0.1, 0.15) is 11.1 Å². The van der Waals surface area contributed by atoms with Crippen LogP contribution in [0.25, 0.3) is 11.1 Å². The van der Waals surface area contributed by atoms with Crippen LogP contribution >= 0.6 is 0 Å². The standard InChI is InChI=1S/C14H13F2N/c1-9-4-11(7-13(15)5-9)10-2-3-14(16)12(6-10)8-17/h2-7H,8,17H2,1H3. The van der Waals surface area contributed by atoms with Gasteiger partial charge in [-0.2, -0.15) is 0 Å². The van der Waals surface area contributed by atoms with E-state index < -0.39 is 0 Å². The summed E-state index contributed by atoms with van der Waals surface area (Å²) in [5.41, 5.74) is 8.22. The summed E-state index contributed by atoms with van der Waals surface area (Å²) >= 11 is 0. The molecule has 0 aliphatic rings. The van der Waals surface area contributed by atoms with Gasteiger partial charge in [-0.15, -0.1) is 0 Å². The van der Waals surface area contributed by atoms with E-state index in [4.69, 9.17) is 5.73 Å². The molecule has 2 rings (SSSR count). The van der Waals surface area contributed by atoms with Crippen LogP contribution in [0.3, 0.4) is 0 Å². The fraction of sp³-hybridized carbons (Fsp3) is 0.143. The lowest BCUT2D eigenvalue weighted by molar-refractivity contribution is 0.611. The van der Waals surface area contributed by atoms with E-state index in [1.165, 1.54) is 18.2 Å². The van der Waals surface area contributed by atoms with Crippen molar-refractivity contribution < 1.29 is 8.78 Å². The van der Waals surface area contributed by atoms with Gasteiger partial charge in [0.2, 0.25) is 0 Å². The Kier molecular flexibility index (Phi) is 3.20. The lowest BCUT2D eigenvalue weighted by Crippen LogP contribution is -1.99. The lowest BCUT2D eigenvalue weighted by Gasteiger charge is -2.06. The molecule has 0 aliphatic carbocycles. The van der Waals surface area contributed by atoms with Gasteiger partial charge in [-0.25, -0.2) is 8.78 Å². The molecule has 17 heavy (non-hydrogen) atoms. The molecule has 2 aromatic rings. The number of nitrogens with two attached hydrogens (primary N) is 1. The topological polar surface area (TPSA) is 26.0 Å². The second kappa shape index (κ2) is 4.63. The van der Waals surface area contributed by atoms with E-state index in [-0.39, 0.29) is 18.2 Å². The highest BCUT2D eigenvalue weighted by Gasteiger charge is 2.05. The normalized spacial score (nSPS) is 10.6. The molecule has 0 saturated heterocycles. The van der Waals surface area contributed by atoms with Gasteiger partial charge in [-0.1, -0.05) is 12.1 Å². The Morgan fingerprint density at radius 3 is 2.41 bits per heavy atom. The van der Waals surface area contributed by atoms with Crippen molar-refractivity contribution in [1.82, 2.24) is 0 Å². The second-order valence-corrected chi connectivity index (χ2v) is 4.03. The Morgan fingerprint density at radius 1 is 1.00 bits per heavy atom. The molecule has 0 atom stereocenters. The van der Waals surface area contributed by atoms with Gasteiger partial charge in [0, 0.05) is 12.1 Å². The van der Waals surface area contributed by atoms with Crippen molar-refractivity contribution >= 4 is 0 Å². The van der Waals surface area contributed by atoms with Crippen LogP contribution in [-0.2, 0) is 6.54 Å². The summed E-state index contributed by atoms with van der Waals surface area (Å²) in [6.45, 7) is 1.95. The fourth-order valence-electron chi connectivity index (χ4n) is 1.81. The third-order valence-electron chi connectivity index (χ3n) is 2.64. The van der Waals surface area contributed by atoms with Crippen molar-refractivity contribution in [3.63, 3.8) is 0 Å². The van der Waals surface area contributed by atoms with Crippen LogP contribution in [0.15, 0.2) is 36.4 Å². The smallest absolute Gasteiger partial charge is 0.127 e. The molecular formula is C14H13F2N. The molecule has 88 valence electrons. The molecule has 0 bridgehead atoms. The van der Waals surface area contributed by atoms with Crippen LogP contribution in [0.2, 0.25) is 0 Å². The number of aryl methyl sites for hydroxylation is 1. The summed E-state index contributed by atoms with van der Waals surface area (Å²) in [5.74, 6) is -0.622. The van der Waals surface area contributed by atoms with Gasteiger partial charge in [-0.3, -0.25) is 0 Å². The molecule has 0 saturated carbocycles. The van der Waals surface area contributed by atoms with Crippen molar-refractivity contribution in [3.05, 3.63) is 59.2 Å². The van der Waals surface area contributed by atoms with Crippen LogP contribution in [0, 0.1) is 18.6 Å². The Labute approximate surface area is 98.9 Å². The Bertz CT molecular complexity index is 530. The fourth-order valence-corrected chi connectivity index (χ4v) is 1.81. The van der Waals surface area contributed by atoms with Gasteiger partial charge >= 0.3 is 0 Å². The summed E-state index contributed by atoms with van der Waals surface area (Å²) < 4.78 is 26.6. The predicted molar refractivity (Wildman–Crippen MR) is 64.4 cm³/mol. The molecular weight excluding hydrogens is 220 g/mol. The third kappa shape index (κ3) is 2.50. The maximum Gasteiger partial charge on any atom is 0.127 e. The maximum absolute atomic E-state index is 13.3. The zero-order chi connectivity index (χ0) is 12.4. The highest BCUT2D eigenvalue weighted by molar-refractivity contribution is 5.65. The van der Waals surface area contributed by atoms with Crippen molar-refractivity contribution in [2.75, 3.05) is 0 Å². The van der Waals surface area contributed by atoms with Gasteiger partial charge in [0.25, 0.3) is 0 Å². The SMILES string of the molecule is Cc1cc(F)cc(-c2ccc(F)c(CN)c2)c1. The number of benzene rings is 2. The van der Waals surface area contributed by atoms with Crippen molar-refractivity contribution in [3.8, 4) is 11.1 Å². The molecule has 0 fully saturated rings. The molecule has 3 heteroatoms. The summed E-state index contributed by atoms with van der Waals surface area (Å²) in [7, 11) is 0. The third-order valence-corrected chi connectivity index (χ3v) is 2.64. The van der Waals surface area contributed by atoms with E-state index in [1.807, 2.05) is 13.0 Å². The summed E-state index contributed by atoms with van der Waals surface area (Å²) in [6.07, 6.45) is 0. The average molecular weight is 233 g/mol. The van der Waals surface area contributed by atoms with E-state index in [1.54, 1.807) is 12.1 Å². The van der Waals surface area contributed by atoms with Crippen LogP contribution < -0.4 is 5.73 Å². The van der Waals surface area contributed by atoms with Crippen LogP contribution in [0.5, 0.6) is 0 Å². The molecule has 0 aliphatic heterocycles. The summed E-state index contributed by atoms with van der Waals surface area (Å²) in [4.78, 5) is 0. The molecule has 0 unspecified atom stereocenters. The van der Waals surface area contributed by atoms with Gasteiger partial charge in [0.15, 0.2) is 0 Å². The minimum atomic E-state index is -0.329. The van der Waals surface area contributed by atoms with Crippen molar-refractivity contribution in [2.45, 2.75) is 13.5 Å². The Morgan fingerprint density at radius 2 is 1.76 bits per heavy atom. The zero-order valence-electron chi connectivity index (χ0n) is 9.50. The maximum atomic E-state index is 13.3. The van der Waals surface area contributed by atoms with Gasteiger partial charge in [-0.05, 0) is 47.9 Å². The van der Waals surface area contributed by atoms with Gasteiger partial charge in [0.1, 0.15) is 11.6 Å². The van der Waals surface area contributed by atoms with E-state index in [0.717, 1.165) is 16.7 Å². The quantitative estimate of drug-likeness (QED) is 0.845. The van der Waals surface area contributed by atoms with Crippen molar-refractivity contribution in [2.24, 2.45) is 5.73 Å². The van der Waals surface area contributed by atoms with Crippen molar-refractivity contribution in [1.29, 1.82) is 0 Å². The molecule has 2 aromatic carbocycles. The molecule has 0 aromatic heterocycles. The van der Waals surface area contributed by atoms with Crippen LogP contribution in [-0.4, -0.2) is 0 Å². The number of hydrogen-bond donors (Lipinski definition) is 1. The molecule has 0 amide bonds. The van der Waals surface area contributed by atoms with E-state index >= 15 is 0 Å². The Balaban J connectivity index is 2.52. The minimum absolute atomic E-state index is 0.133. The average Bonchev–Trinajstić information content (AvgIpc) is 2.28. The zero-order valence-corrected chi connectivity index (χ0v) is 9.50. The molecule has 0 heterocycles. The number of rotatable bonds is 2. The largest absolute Gasteiger partial charge is 0.326 e. The molecule has 0 spiro atoms. The summed E-state index contributed by atoms with van der Waals surface area (Å²) in [6, 6.07) is 9.39. The molecule has 1 nitrogen and oxygen atoms in total. The van der Waals surface area contributed by atoms with E-state index in [0.29, 0.717) is 5.56 Å². The van der Waals surface area contributed by atoms with Crippen LogP contribution in [0.4, 0.5) is 8.78 Å². The van der Waals surface area contributed by atoms with E-state index in [9.17, 15) is 8.78 Å². The highest BCUT2D eigenvalue weighted by atomic mass is 19.1. The minimum Gasteiger partial charge on any atom is -0.326 e. The first-order valence-corrected chi connectivity index (χ1v) is 5.36. The van der Waals surface area contributed by atoms with E-state index in [2.05, 4.69) is 0 Å². The Hall–Kier alpha value is -1.74. The molecule has 2 N–H and O–H groups in total. The number of hydrogen-bond acceptors (Lipinski definition) is 1. The number of halogens is 2. The van der Waals surface area contributed by atoms with Gasteiger partial charge in [0.05, 0.1) is 0 Å². The first-order chi connectivity index (χ1) is 8.10. The highest BCUT2D eigenvalue weighted by Crippen LogP contribution is 2.24. The predicted octanol–water partition coefficient (Wildman–Crippen LogP) is 3.40. The first kappa shape index (κ1) is 11.7. The summed E-state index contributed by atoms with van der Waals surface area (Å²) in [5, 5.41) is 0. The second-order valence-electron chi connectivity index (χ2n) is 4.03.